The van der Waals surface area contributed by atoms with Gasteiger partial charge in [0.15, 0.2) is 11.6 Å². The highest BCUT2D eigenvalue weighted by Gasteiger charge is 2.18. The number of fused-ring (bicyclic) bond motifs is 2. The molecule has 0 atom stereocenters. The summed E-state index contributed by atoms with van der Waals surface area (Å²) < 4.78 is 0. The molecule has 3 aromatic heterocycles. The molecule has 0 saturated carbocycles. The highest BCUT2D eigenvalue weighted by molar-refractivity contribution is 5.96. The van der Waals surface area contributed by atoms with Gasteiger partial charge in [0.05, 0.1) is 28.1 Å². The predicted octanol–water partition coefficient (Wildman–Crippen LogP) is 12.0. The van der Waals surface area contributed by atoms with Crippen LogP contribution in [0, 0.1) is 0 Å². The maximum Gasteiger partial charge on any atom is 0.160 e. The second-order valence-corrected chi connectivity index (χ2v) is 13.5. The van der Waals surface area contributed by atoms with Crippen LogP contribution < -0.4 is 0 Å². The Bertz CT molecular complexity index is 2800. The third kappa shape index (κ3) is 6.15. The highest BCUT2D eigenvalue weighted by atomic mass is 14.9. The Labute approximate surface area is 324 Å². The fourth-order valence-corrected chi connectivity index (χ4v) is 7.39. The van der Waals surface area contributed by atoms with E-state index in [1.807, 2.05) is 78.9 Å². The molecule has 0 spiro atoms. The van der Waals surface area contributed by atoms with Crippen molar-refractivity contribution in [1.29, 1.82) is 0 Å². The molecule has 0 aliphatic heterocycles. The summed E-state index contributed by atoms with van der Waals surface area (Å²) in [7, 11) is 0. The SMILES string of the molecule is c1ccc(-c2nc(-c3ccc(-c4cccc(-c5ccc(-c6nc(-c7ccccc7)c7ccccc7n6)cc5)c4-c4ccncn4)cc3)nc3ccccc23)cc1. The van der Waals surface area contributed by atoms with Crippen LogP contribution in [0.25, 0.3) is 101 Å². The highest BCUT2D eigenvalue weighted by Crippen LogP contribution is 2.40. The van der Waals surface area contributed by atoms with Gasteiger partial charge in [0.2, 0.25) is 0 Å². The minimum atomic E-state index is 0.685. The van der Waals surface area contributed by atoms with Crippen molar-refractivity contribution in [2.75, 3.05) is 0 Å². The summed E-state index contributed by atoms with van der Waals surface area (Å²) in [5, 5.41) is 2.06. The number of benzene rings is 7. The molecule has 10 aromatic rings. The van der Waals surface area contributed by atoms with E-state index >= 15 is 0 Å². The molecule has 0 fully saturated rings. The molecule has 10 rings (SSSR count). The zero-order chi connectivity index (χ0) is 37.3. The van der Waals surface area contributed by atoms with Crippen LogP contribution in [0.4, 0.5) is 0 Å². The summed E-state index contributed by atoms with van der Waals surface area (Å²) in [6.07, 6.45) is 3.39. The smallest absolute Gasteiger partial charge is 0.160 e. The average molecular weight is 717 g/mol. The van der Waals surface area contributed by atoms with Crippen LogP contribution in [0.2, 0.25) is 0 Å². The molecule has 6 nitrogen and oxygen atoms in total. The third-order valence-corrected chi connectivity index (χ3v) is 10.1. The van der Waals surface area contributed by atoms with Crippen LogP contribution in [-0.4, -0.2) is 29.9 Å². The van der Waals surface area contributed by atoms with E-state index in [-0.39, 0.29) is 0 Å². The maximum atomic E-state index is 5.09. The average Bonchev–Trinajstić information content (AvgIpc) is 3.29. The van der Waals surface area contributed by atoms with Crippen molar-refractivity contribution >= 4 is 21.8 Å². The van der Waals surface area contributed by atoms with Gasteiger partial charge in [0, 0.05) is 44.8 Å². The molecule has 0 amide bonds. The minimum absolute atomic E-state index is 0.685. The van der Waals surface area contributed by atoms with E-state index in [2.05, 4.69) is 108 Å². The van der Waals surface area contributed by atoms with Gasteiger partial charge in [-0.15, -0.1) is 0 Å². The molecular formula is C50H32N6. The lowest BCUT2D eigenvalue weighted by atomic mass is 9.89. The van der Waals surface area contributed by atoms with Crippen LogP contribution in [0.15, 0.2) is 195 Å². The lowest BCUT2D eigenvalue weighted by Crippen LogP contribution is -1.96. The largest absolute Gasteiger partial charge is 0.245 e. The van der Waals surface area contributed by atoms with E-state index in [0.29, 0.717) is 11.6 Å². The van der Waals surface area contributed by atoms with Crippen LogP contribution in [0.5, 0.6) is 0 Å². The molecule has 0 radical (unpaired) electrons. The van der Waals surface area contributed by atoms with Crippen molar-refractivity contribution in [3.05, 3.63) is 195 Å². The summed E-state index contributed by atoms with van der Waals surface area (Å²) in [6, 6.07) is 62.3. The first-order chi connectivity index (χ1) is 27.8. The van der Waals surface area contributed by atoms with Gasteiger partial charge in [0.1, 0.15) is 6.33 Å². The van der Waals surface area contributed by atoms with E-state index in [9.17, 15) is 0 Å². The monoisotopic (exact) mass is 716 g/mol. The fraction of sp³-hybridized carbons (Fsp3) is 0. The Morgan fingerprint density at radius 2 is 0.768 bits per heavy atom. The molecule has 0 unspecified atom stereocenters. The lowest BCUT2D eigenvalue weighted by Gasteiger charge is -2.16. The number of nitrogens with zero attached hydrogens (tertiary/aromatic N) is 6. The number of aromatic nitrogens is 6. The van der Waals surface area contributed by atoms with Crippen molar-refractivity contribution in [2.45, 2.75) is 0 Å². The second kappa shape index (κ2) is 14.3. The first-order valence-electron chi connectivity index (χ1n) is 18.5. The Balaban J connectivity index is 1.04. The standard InChI is InChI=1S/C50H32N6/c1-3-12-35(13-4-1)47-41-16-7-9-20-43(41)53-49(55-47)37-26-22-33(23-27-37)39-18-11-19-40(46(39)45-30-31-51-32-52-45)34-24-28-38(29-25-34)50-54-44-21-10-8-17-42(44)48(56-50)36-14-5-2-6-15-36/h1-32H. The van der Waals surface area contributed by atoms with Gasteiger partial charge in [-0.05, 0) is 40.5 Å². The summed E-state index contributed by atoms with van der Waals surface area (Å²) in [6.45, 7) is 0. The van der Waals surface area contributed by atoms with Crippen LogP contribution >= 0.6 is 0 Å². The van der Waals surface area contributed by atoms with E-state index in [0.717, 1.165) is 89.0 Å². The molecule has 56 heavy (non-hydrogen) atoms. The number of rotatable bonds is 7. The number of para-hydroxylation sites is 2. The Kier molecular flexibility index (Phi) is 8.39. The molecule has 0 aliphatic carbocycles. The van der Waals surface area contributed by atoms with Gasteiger partial charge in [-0.25, -0.2) is 29.9 Å². The van der Waals surface area contributed by atoms with Crippen LogP contribution in [0.1, 0.15) is 0 Å². The molecule has 7 aromatic carbocycles. The molecule has 0 saturated heterocycles. The zero-order valence-corrected chi connectivity index (χ0v) is 30.2. The molecule has 0 aliphatic rings. The zero-order valence-electron chi connectivity index (χ0n) is 30.2. The number of hydrogen-bond acceptors (Lipinski definition) is 6. The van der Waals surface area contributed by atoms with Crippen molar-refractivity contribution < 1.29 is 0 Å². The van der Waals surface area contributed by atoms with Crippen molar-refractivity contribution in [3.63, 3.8) is 0 Å². The second-order valence-electron chi connectivity index (χ2n) is 13.5. The van der Waals surface area contributed by atoms with Gasteiger partial charge in [0.25, 0.3) is 0 Å². The van der Waals surface area contributed by atoms with Crippen molar-refractivity contribution in [2.24, 2.45) is 0 Å². The van der Waals surface area contributed by atoms with Crippen LogP contribution in [-0.2, 0) is 0 Å². The molecule has 3 heterocycles. The number of hydrogen-bond donors (Lipinski definition) is 0. The molecule has 0 bridgehead atoms. The summed E-state index contributed by atoms with van der Waals surface area (Å²) >= 11 is 0. The molecule has 6 heteroatoms. The normalized spacial score (nSPS) is 11.2. The van der Waals surface area contributed by atoms with E-state index in [1.165, 1.54) is 0 Å². The first kappa shape index (κ1) is 32.9. The summed E-state index contributed by atoms with van der Waals surface area (Å²) in [4.78, 5) is 29.1. The Hall–Kier alpha value is -7.70. The maximum absolute atomic E-state index is 5.09. The van der Waals surface area contributed by atoms with E-state index in [1.54, 1.807) is 12.5 Å². The fourth-order valence-electron chi connectivity index (χ4n) is 7.39. The molecule has 262 valence electrons. The van der Waals surface area contributed by atoms with Gasteiger partial charge < -0.3 is 0 Å². The Morgan fingerprint density at radius 3 is 1.23 bits per heavy atom. The van der Waals surface area contributed by atoms with Gasteiger partial charge >= 0.3 is 0 Å². The van der Waals surface area contributed by atoms with Crippen molar-refractivity contribution in [3.8, 4) is 78.8 Å². The third-order valence-electron chi connectivity index (χ3n) is 10.1. The predicted molar refractivity (Wildman–Crippen MR) is 226 cm³/mol. The summed E-state index contributed by atoms with van der Waals surface area (Å²) in [5.41, 5.74) is 13.8. The minimum Gasteiger partial charge on any atom is -0.245 e. The van der Waals surface area contributed by atoms with E-state index in [4.69, 9.17) is 24.9 Å². The topological polar surface area (TPSA) is 77.3 Å². The molecule has 0 N–H and O–H groups in total. The van der Waals surface area contributed by atoms with Gasteiger partial charge in [-0.2, -0.15) is 0 Å². The van der Waals surface area contributed by atoms with Crippen LogP contribution in [0.3, 0.4) is 0 Å². The quantitative estimate of drug-likeness (QED) is 0.163. The summed E-state index contributed by atoms with van der Waals surface area (Å²) in [5.74, 6) is 1.37. The molecular weight excluding hydrogens is 685 g/mol. The van der Waals surface area contributed by atoms with E-state index < -0.39 is 0 Å². The van der Waals surface area contributed by atoms with Crippen molar-refractivity contribution in [1.82, 2.24) is 29.9 Å². The lowest BCUT2D eigenvalue weighted by molar-refractivity contribution is 1.17. The Morgan fingerprint density at radius 1 is 0.321 bits per heavy atom. The van der Waals surface area contributed by atoms with Gasteiger partial charge in [-0.1, -0.05) is 164 Å². The van der Waals surface area contributed by atoms with Gasteiger partial charge in [-0.3, -0.25) is 0 Å². The first-order valence-corrected chi connectivity index (χ1v) is 18.5.